The van der Waals surface area contributed by atoms with Crippen molar-refractivity contribution in [3.05, 3.63) is 29.7 Å². The molecule has 0 radical (unpaired) electrons. The van der Waals surface area contributed by atoms with E-state index in [2.05, 4.69) is 25.2 Å². The van der Waals surface area contributed by atoms with E-state index in [4.69, 9.17) is 4.42 Å². The molecule has 1 heterocycles. The lowest BCUT2D eigenvalue weighted by Crippen LogP contribution is -2.16. The summed E-state index contributed by atoms with van der Waals surface area (Å²) < 4.78 is 4.98. The third kappa shape index (κ3) is 3.95. The molecule has 0 aliphatic rings. The van der Waals surface area contributed by atoms with Crippen LogP contribution in [0.3, 0.4) is 0 Å². The summed E-state index contributed by atoms with van der Waals surface area (Å²) in [6.07, 6.45) is 6.76. The second-order valence-corrected chi connectivity index (χ2v) is 3.22. The number of hydrogen-bond donors (Lipinski definition) is 1. The molecule has 0 aliphatic carbocycles. The van der Waals surface area contributed by atoms with Gasteiger partial charge in [-0.1, -0.05) is 18.6 Å². The molecule has 0 unspecified atom stereocenters. The van der Waals surface area contributed by atoms with Crippen molar-refractivity contribution in [1.29, 1.82) is 0 Å². The van der Waals surface area contributed by atoms with Gasteiger partial charge in [-0.25, -0.2) is 0 Å². The highest BCUT2D eigenvalue weighted by Crippen LogP contribution is 2.05. The number of rotatable bonds is 5. The average Bonchev–Trinajstić information content (AvgIpc) is 2.57. The van der Waals surface area contributed by atoms with Gasteiger partial charge in [0.15, 0.2) is 0 Å². The van der Waals surface area contributed by atoms with Crippen molar-refractivity contribution in [1.82, 2.24) is 5.32 Å². The van der Waals surface area contributed by atoms with E-state index >= 15 is 0 Å². The van der Waals surface area contributed by atoms with E-state index < -0.39 is 0 Å². The second kappa shape index (κ2) is 5.60. The van der Waals surface area contributed by atoms with Gasteiger partial charge < -0.3 is 9.73 Å². The smallest absolute Gasteiger partial charge is 0.0974 e. The highest BCUT2D eigenvalue weighted by atomic mass is 16.3. The standard InChI is InChI=1S/C11H17NO/c1-3-5-12-8-10(2)7-11-4-6-13-9-11/h4,6-7,9,12H,3,5,8H2,1-2H3. The maximum absolute atomic E-state index is 4.98. The SMILES string of the molecule is CCCNCC(C)=Cc1ccoc1. The Labute approximate surface area is 79.6 Å². The fraction of sp³-hybridized carbons (Fsp3) is 0.455. The van der Waals surface area contributed by atoms with Crippen molar-refractivity contribution in [3.63, 3.8) is 0 Å². The lowest BCUT2D eigenvalue weighted by Gasteiger charge is -2.01. The molecule has 1 aromatic rings. The van der Waals surface area contributed by atoms with Crippen LogP contribution in [0.5, 0.6) is 0 Å². The van der Waals surface area contributed by atoms with Crippen molar-refractivity contribution in [2.45, 2.75) is 20.3 Å². The average molecular weight is 179 g/mol. The fourth-order valence-electron chi connectivity index (χ4n) is 1.16. The summed E-state index contributed by atoms with van der Waals surface area (Å²) >= 11 is 0. The quantitative estimate of drug-likeness (QED) is 0.703. The number of hydrogen-bond acceptors (Lipinski definition) is 2. The van der Waals surface area contributed by atoms with Gasteiger partial charge in [0.2, 0.25) is 0 Å². The summed E-state index contributed by atoms with van der Waals surface area (Å²) in [6, 6.07) is 1.96. The Morgan fingerprint density at radius 3 is 3.08 bits per heavy atom. The molecule has 0 aromatic carbocycles. The van der Waals surface area contributed by atoms with Crippen molar-refractivity contribution in [2.24, 2.45) is 0 Å². The molecule has 1 rings (SSSR count). The van der Waals surface area contributed by atoms with Crippen LogP contribution in [0.4, 0.5) is 0 Å². The molecule has 0 atom stereocenters. The minimum absolute atomic E-state index is 0.957. The summed E-state index contributed by atoms with van der Waals surface area (Å²) in [5.41, 5.74) is 2.46. The van der Waals surface area contributed by atoms with Gasteiger partial charge in [0.1, 0.15) is 0 Å². The molecule has 0 fully saturated rings. The lowest BCUT2D eigenvalue weighted by atomic mass is 10.2. The van der Waals surface area contributed by atoms with E-state index in [1.807, 2.05) is 6.07 Å². The predicted octanol–water partition coefficient (Wildman–Crippen LogP) is 2.68. The summed E-state index contributed by atoms with van der Waals surface area (Å²) in [7, 11) is 0. The second-order valence-electron chi connectivity index (χ2n) is 3.22. The molecule has 1 aromatic heterocycles. The molecule has 0 bridgehead atoms. The Hall–Kier alpha value is -1.02. The van der Waals surface area contributed by atoms with E-state index in [1.165, 1.54) is 12.0 Å². The van der Waals surface area contributed by atoms with Gasteiger partial charge in [0.05, 0.1) is 12.5 Å². The van der Waals surface area contributed by atoms with Crippen LogP contribution in [0.25, 0.3) is 6.08 Å². The Morgan fingerprint density at radius 2 is 2.46 bits per heavy atom. The highest BCUT2D eigenvalue weighted by Gasteiger charge is 1.91. The van der Waals surface area contributed by atoms with Crippen LogP contribution >= 0.6 is 0 Å². The van der Waals surface area contributed by atoms with Crippen LogP contribution < -0.4 is 5.32 Å². The summed E-state index contributed by atoms with van der Waals surface area (Å²) in [6.45, 7) is 6.33. The first-order chi connectivity index (χ1) is 6.33. The molecule has 1 N–H and O–H groups in total. The normalized spacial score (nSPS) is 12.0. The van der Waals surface area contributed by atoms with Crippen molar-refractivity contribution < 1.29 is 4.42 Å². The van der Waals surface area contributed by atoms with E-state index in [0.29, 0.717) is 0 Å². The zero-order valence-corrected chi connectivity index (χ0v) is 8.34. The predicted molar refractivity (Wildman–Crippen MR) is 55.5 cm³/mol. The van der Waals surface area contributed by atoms with Crippen molar-refractivity contribution >= 4 is 6.08 Å². The molecule has 13 heavy (non-hydrogen) atoms. The third-order valence-electron chi connectivity index (χ3n) is 1.79. The minimum Gasteiger partial charge on any atom is -0.472 e. The number of furan rings is 1. The van der Waals surface area contributed by atoms with Gasteiger partial charge in [-0.15, -0.1) is 0 Å². The molecule has 0 saturated carbocycles. The Morgan fingerprint density at radius 1 is 1.62 bits per heavy atom. The Balaban J connectivity index is 2.34. The molecule has 0 aliphatic heterocycles. The monoisotopic (exact) mass is 179 g/mol. The molecular formula is C11H17NO. The van der Waals surface area contributed by atoms with Crippen LogP contribution in [0.1, 0.15) is 25.8 Å². The fourth-order valence-corrected chi connectivity index (χ4v) is 1.16. The Bertz CT molecular complexity index is 249. The van der Waals surface area contributed by atoms with Crippen LogP contribution in [-0.2, 0) is 0 Å². The van der Waals surface area contributed by atoms with E-state index in [9.17, 15) is 0 Å². The molecule has 72 valence electrons. The summed E-state index contributed by atoms with van der Waals surface area (Å²) in [5.74, 6) is 0. The lowest BCUT2D eigenvalue weighted by molar-refractivity contribution is 0.567. The maximum Gasteiger partial charge on any atom is 0.0974 e. The van der Waals surface area contributed by atoms with E-state index in [1.54, 1.807) is 12.5 Å². The van der Waals surface area contributed by atoms with Gasteiger partial charge in [-0.2, -0.15) is 0 Å². The topological polar surface area (TPSA) is 25.2 Å². The molecule has 2 heteroatoms. The summed E-state index contributed by atoms with van der Waals surface area (Å²) in [4.78, 5) is 0. The van der Waals surface area contributed by atoms with Crippen molar-refractivity contribution in [2.75, 3.05) is 13.1 Å². The molecule has 0 spiro atoms. The van der Waals surface area contributed by atoms with Gasteiger partial charge in [-0.3, -0.25) is 0 Å². The zero-order valence-electron chi connectivity index (χ0n) is 8.34. The third-order valence-corrected chi connectivity index (χ3v) is 1.79. The van der Waals surface area contributed by atoms with Crippen LogP contribution in [0.15, 0.2) is 28.6 Å². The largest absolute Gasteiger partial charge is 0.472 e. The molecule has 2 nitrogen and oxygen atoms in total. The van der Waals surface area contributed by atoms with Crippen LogP contribution in [0.2, 0.25) is 0 Å². The van der Waals surface area contributed by atoms with Crippen molar-refractivity contribution in [3.8, 4) is 0 Å². The van der Waals surface area contributed by atoms with Crippen LogP contribution in [0, 0.1) is 0 Å². The minimum atomic E-state index is 0.957. The van der Waals surface area contributed by atoms with Gasteiger partial charge in [-0.05, 0) is 26.0 Å². The van der Waals surface area contributed by atoms with Gasteiger partial charge >= 0.3 is 0 Å². The van der Waals surface area contributed by atoms with E-state index in [0.717, 1.165) is 18.7 Å². The zero-order chi connectivity index (χ0) is 9.52. The first kappa shape index (κ1) is 10.1. The highest BCUT2D eigenvalue weighted by molar-refractivity contribution is 5.50. The first-order valence-electron chi connectivity index (χ1n) is 4.73. The molecular weight excluding hydrogens is 162 g/mol. The number of nitrogens with one attached hydrogen (secondary N) is 1. The maximum atomic E-state index is 4.98. The van der Waals surface area contributed by atoms with Gasteiger partial charge in [0, 0.05) is 12.1 Å². The van der Waals surface area contributed by atoms with Crippen LogP contribution in [-0.4, -0.2) is 13.1 Å². The summed E-state index contributed by atoms with van der Waals surface area (Å²) in [5, 5.41) is 3.35. The first-order valence-corrected chi connectivity index (χ1v) is 4.73. The van der Waals surface area contributed by atoms with E-state index in [-0.39, 0.29) is 0 Å². The van der Waals surface area contributed by atoms with Gasteiger partial charge in [0.25, 0.3) is 0 Å². The Kier molecular flexibility index (Phi) is 4.33. The molecule has 0 saturated heterocycles. The molecule has 0 amide bonds.